The van der Waals surface area contributed by atoms with Gasteiger partial charge in [0, 0.05) is 6.54 Å². The predicted molar refractivity (Wildman–Crippen MR) is 97.7 cm³/mol. The van der Waals surface area contributed by atoms with E-state index in [4.69, 9.17) is 4.74 Å². The van der Waals surface area contributed by atoms with E-state index in [2.05, 4.69) is 10.4 Å². The number of ether oxygens (including phenoxy) is 1. The Morgan fingerprint density at radius 2 is 1.69 bits per heavy atom. The van der Waals surface area contributed by atoms with Gasteiger partial charge >= 0.3 is 18.4 Å². The molecule has 1 N–H and O–H groups in total. The first-order chi connectivity index (χ1) is 14.9. The van der Waals surface area contributed by atoms with Crippen molar-refractivity contribution in [1.82, 2.24) is 15.1 Å². The lowest BCUT2D eigenvalue weighted by Crippen LogP contribution is -2.29. The van der Waals surface area contributed by atoms with Crippen molar-refractivity contribution in [3.05, 3.63) is 77.4 Å². The molecule has 0 aliphatic carbocycles. The van der Waals surface area contributed by atoms with Crippen molar-refractivity contribution in [3.63, 3.8) is 0 Å². The molecule has 0 unspecified atom stereocenters. The summed E-state index contributed by atoms with van der Waals surface area (Å²) in [6, 6.07) is 8.43. The lowest BCUT2D eigenvalue weighted by atomic mass is 10.1. The molecule has 0 radical (unpaired) electrons. The van der Waals surface area contributed by atoms with Crippen molar-refractivity contribution in [3.8, 4) is 11.4 Å². The minimum atomic E-state index is -4.96. The molecule has 0 spiro atoms. The summed E-state index contributed by atoms with van der Waals surface area (Å²) in [6.07, 6.45) is -10.1. The average Bonchev–Trinajstić information content (AvgIpc) is 3.12. The third-order valence-electron chi connectivity index (χ3n) is 4.22. The second kappa shape index (κ2) is 8.89. The molecule has 0 fully saturated rings. The Bertz CT molecular complexity index is 1090. The maximum atomic E-state index is 13.5. The van der Waals surface area contributed by atoms with Crippen molar-refractivity contribution >= 4 is 6.09 Å². The average molecular weight is 461 g/mol. The van der Waals surface area contributed by atoms with Gasteiger partial charge in [-0.1, -0.05) is 18.2 Å². The molecule has 1 heterocycles. The highest BCUT2D eigenvalue weighted by Gasteiger charge is 2.40. The summed E-state index contributed by atoms with van der Waals surface area (Å²) in [7, 11) is 0. The number of carbonyl (C=O) groups is 1. The Hall–Kier alpha value is -3.57. The van der Waals surface area contributed by atoms with E-state index in [1.165, 1.54) is 12.1 Å². The number of benzene rings is 2. The SMILES string of the molecule is O=C(NCCc1cccc(C(F)(F)F)c1)Oc1cnn(-c2ccc(F)cc2)c1C(F)(F)F. The molecule has 32 heavy (non-hydrogen) atoms. The smallest absolute Gasteiger partial charge is 0.406 e. The van der Waals surface area contributed by atoms with E-state index in [-0.39, 0.29) is 24.2 Å². The molecule has 0 aliphatic heterocycles. The number of nitrogens with one attached hydrogen (secondary N) is 1. The zero-order valence-corrected chi connectivity index (χ0v) is 16.0. The number of rotatable bonds is 5. The highest BCUT2D eigenvalue weighted by molar-refractivity contribution is 5.70. The number of hydrogen-bond acceptors (Lipinski definition) is 3. The minimum absolute atomic E-state index is 0.0139. The van der Waals surface area contributed by atoms with Crippen LogP contribution in [0.25, 0.3) is 5.69 Å². The molecule has 1 aromatic heterocycles. The number of nitrogens with zero attached hydrogens (tertiary/aromatic N) is 2. The molecule has 0 aliphatic rings. The summed E-state index contributed by atoms with van der Waals surface area (Å²) in [5.74, 6) is -1.55. The van der Waals surface area contributed by atoms with Gasteiger partial charge < -0.3 is 10.1 Å². The van der Waals surface area contributed by atoms with E-state index in [1.807, 2.05) is 0 Å². The molecular formula is C20H14F7N3O2. The molecule has 0 saturated heterocycles. The quantitative estimate of drug-likeness (QED) is 0.519. The maximum absolute atomic E-state index is 13.5. The van der Waals surface area contributed by atoms with E-state index < -0.39 is 41.3 Å². The monoisotopic (exact) mass is 461 g/mol. The van der Waals surface area contributed by atoms with Crippen LogP contribution < -0.4 is 10.1 Å². The van der Waals surface area contributed by atoms with Crippen LogP contribution in [0.2, 0.25) is 0 Å². The largest absolute Gasteiger partial charge is 0.437 e. The van der Waals surface area contributed by atoms with Crippen molar-refractivity contribution in [2.24, 2.45) is 0 Å². The Labute approximate surface area is 176 Å². The van der Waals surface area contributed by atoms with Crippen molar-refractivity contribution in [1.29, 1.82) is 0 Å². The van der Waals surface area contributed by atoms with Gasteiger partial charge in [-0.25, -0.2) is 13.9 Å². The van der Waals surface area contributed by atoms with Gasteiger partial charge in [-0.3, -0.25) is 0 Å². The van der Waals surface area contributed by atoms with Crippen molar-refractivity contribution in [2.75, 3.05) is 6.54 Å². The van der Waals surface area contributed by atoms with Crippen molar-refractivity contribution < 1.29 is 40.3 Å². The maximum Gasteiger partial charge on any atom is 0.437 e. The number of hydrogen-bond donors (Lipinski definition) is 1. The summed E-state index contributed by atoms with van der Waals surface area (Å²) in [5, 5.41) is 5.74. The van der Waals surface area contributed by atoms with Crippen LogP contribution >= 0.6 is 0 Å². The minimum Gasteiger partial charge on any atom is -0.406 e. The number of alkyl halides is 6. The van der Waals surface area contributed by atoms with E-state index in [0.717, 1.165) is 36.4 Å². The second-order valence-corrected chi connectivity index (χ2v) is 6.51. The van der Waals surface area contributed by atoms with Crippen LogP contribution in [0.3, 0.4) is 0 Å². The Kier molecular flexibility index (Phi) is 6.42. The summed E-state index contributed by atoms with van der Waals surface area (Å²) >= 11 is 0. The van der Waals surface area contributed by atoms with Crippen LogP contribution in [-0.4, -0.2) is 22.4 Å². The first kappa shape index (κ1) is 23.1. The van der Waals surface area contributed by atoms with Crippen LogP contribution in [0, 0.1) is 5.82 Å². The molecule has 170 valence electrons. The molecular weight excluding hydrogens is 447 g/mol. The Morgan fingerprint density at radius 1 is 1.00 bits per heavy atom. The number of amides is 1. The molecule has 12 heteroatoms. The number of aromatic nitrogens is 2. The molecule has 0 bridgehead atoms. The highest BCUT2D eigenvalue weighted by atomic mass is 19.4. The van der Waals surface area contributed by atoms with Crippen LogP contribution in [0.15, 0.2) is 54.7 Å². The van der Waals surface area contributed by atoms with Gasteiger partial charge in [-0.05, 0) is 42.3 Å². The van der Waals surface area contributed by atoms with Gasteiger partial charge in [0.05, 0.1) is 17.4 Å². The topological polar surface area (TPSA) is 56.1 Å². The van der Waals surface area contributed by atoms with Gasteiger partial charge in [0.2, 0.25) is 0 Å². The van der Waals surface area contributed by atoms with Crippen LogP contribution in [-0.2, 0) is 18.8 Å². The van der Waals surface area contributed by atoms with Gasteiger partial charge in [0.25, 0.3) is 0 Å². The van der Waals surface area contributed by atoms with Crippen molar-refractivity contribution in [2.45, 2.75) is 18.8 Å². The number of carbonyl (C=O) groups excluding carboxylic acids is 1. The van der Waals surface area contributed by atoms with E-state index >= 15 is 0 Å². The zero-order chi connectivity index (χ0) is 23.5. The van der Waals surface area contributed by atoms with Gasteiger partial charge in [-0.15, -0.1) is 0 Å². The fourth-order valence-electron chi connectivity index (χ4n) is 2.79. The summed E-state index contributed by atoms with van der Waals surface area (Å²) < 4.78 is 97.0. The van der Waals surface area contributed by atoms with Crippen LogP contribution in [0.5, 0.6) is 5.75 Å². The molecule has 3 rings (SSSR count). The van der Waals surface area contributed by atoms with Crippen LogP contribution in [0.1, 0.15) is 16.8 Å². The fourth-order valence-corrected chi connectivity index (χ4v) is 2.79. The first-order valence-corrected chi connectivity index (χ1v) is 8.98. The Balaban J connectivity index is 1.68. The molecule has 3 aromatic rings. The molecule has 5 nitrogen and oxygen atoms in total. The van der Waals surface area contributed by atoms with Gasteiger partial charge in [0.1, 0.15) is 5.82 Å². The molecule has 2 aromatic carbocycles. The van der Waals surface area contributed by atoms with E-state index in [9.17, 15) is 35.5 Å². The van der Waals surface area contributed by atoms with Gasteiger partial charge in [-0.2, -0.15) is 31.4 Å². The summed E-state index contributed by atoms with van der Waals surface area (Å²) in [4.78, 5) is 11.9. The predicted octanol–water partition coefficient (Wildman–Crippen LogP) is 5.38. The van der Waals surface area contributed by atoms with E-state index in [0.29, 0.717) is 10.9 Å². The second-order valence-electron chi connectivity index (χ2n) is 6.51. The first-order valence-electron chi connectivity index (χ1n) is 8.98. The summed E-state index contributed by atoms with van der Waals surface area (Å²) in [6.45, 7) is -0.187. The lowest BCUT2D eigenvalue weighted by Gasteiger charge is -2.13. The van der Waals surface area contributed by atoms with Crippen LogP contribution in [0.4, 0.5) is 35.5 Å². The molecule has 1 amide bonds. The number of halogens is 7. The molecule has 0 saturated carbocycles. The fraction of sp³-hybridized carbons (Fsp3) is 0.200. The normalized spacial score (nSPS) is 12.0. The third kappa shape index (κ3) is 5.56. The zero-order valence-electron chi connectivity index (χ0n) is 16.0. The lowest BCUT2D eigenvalue weighted by molar-refractivity contribution is -0.143. The highest BCUT2D eigenvalue weighted by Crippen LogP contribution is 2.37. The van der Waals surface area contributed by atoms with E-state index in [1.54, 1.807) is 0 Å². The summed E-state index contributed by atoms with van der Waals surface area (Å²) in [5.41, 5.74) is -2.10. The molecule has 0 atom stereocenters. The van der Waals surface area contributed by atoms with Gasteiger partial charge in [0.15, 0.2) is 11.4 Å². The Morgan fingerprint density at radius 3 is 2.31 bits per heavy atom. The standard InChI is InChI=1S/C20H14F7N3O2/c21-14-4-6-15(7-5-14)30-17(20(25,26)27)16(11-29-30)32-18(31)28-9-8-12-2-1-3-13(10-12)19(22,23)24/h1-7,10-11H,8-9H2,(H,28,31). The third-order valence-corrected chi connectivity index (χ3v) is 4.22.